The summed E-state index contributed by atoms with van der Waals surface area (Å²) < 4.78 is 62.6. The van der Waals surface area contributed by atoms with Gasteiger partial charge < -0.3 is 25.8 Å². The number of hydrogen-bond acceptors (Lipinski definition) is 7. The number of amides is 1. The number of carbonyl (C=O) groups is 1. The van der Waals surface area contributed by atoms with Crippen LogP contribution in [-0.2, 0) is 5.41 Å². The average Bonchev–Trinajstić information content (AvgIpc) is 3.55. The van der Waals surface area contributed by atoms with E-state index in [4.69, 9.17) is 19.3 Å². The van der Waals surface area contributed by atoms with E-state index in [-0.39, 0.29) is 52.6 Å². The lowest BCUT2D eigenvalue weighted by Crippen LogP contribution is -2.17. The molecule has 2 aliphatic rings. The molecular formula is C25H25F2N5O3. The average molecular weight is 485 g/mol. The largest absolute Gasteiger partial charge is 0.492 e. The maximum absolute atomic E-state index is 14.9. The van der Waals surface area contributed by atoms with Crippen molar-refractivity contribution in [1.29, 1.82) is 0 Å². The number of nitrogen functional groups attached to an aromatic ring is 1. The van der Waals surface area contributed by atoms with E-state index in [0.717, 1.165) is 24.5 Å². The summed E-state index contributed by atoms with van der Waals surface area (Å²) in [4.78, 5) is 21.1. The fourth-order valence-corrected chi connectivity index (χ4v) is 4.29. The Bertz CT molecular complexity index is 1430. The molecule has 10 heteroatoms. The molecule has 0 atom stereocenters. The van der Waals surface area contributed by atoms with Crippen molar-refractivity contribution in [2.45, 2.75) is 25.2 Å². The molecule has 0 radical (unpaired) electrons. The van der Waals surface area contributed by atoms with Gasteiger partial charge in [-0.3, -0.25) is 4.79 Å². The highest BCUT2D eigenvalue weighted by Crippen LogP contribution is 2.55. The molecule has 0 saturated heterocycles. The first kappa shape index (κ1) is 19.5. The van der Waals surface area contributed by atoms with Crippen molar-refractivity contribution in [2.24, 2.45) is 0 Å². The van der Waals surface area contributed by atoms with Crippen LogP contribution in [0, 0.1) is 18.6 Å². The molecule has 0 bridgehead atoms. The minimum Gasteiger partial charge on any atom is -0.492 e. The molecule has 3 aromatic rings. The third kappa shape index (κ3) is 4.14. The Hall–Kier alpha value is -3.79. The summed E-state index contributed by atoms with van der Waals surface area (Å²) in [5, 5.41) is 4.90. The van der Waals surface area contributed by atoms with E-state index in [1.165, 1.54) is 24.5 Å². The maximum atomic E-state index is 14.9. The molecular weight excluding hydrogens is 456 g/mol. The van der Waals surface area contributed by atoms with Gasteiger partial charge >= 0.3 is 0 Å². The van der Waals surface area contributed by atoms with E-state index in [1.54, 1.807) is 6.92 Å². The Morgan fingerprint density at radius 2 is 2.11 bits per heavy atom. The summed E-state index contributed by atoms with van der Waals surface area (Å²) in [6.07, 6.45) is 3.02. The molecule has 1 aliphatic carbocycles. The SMILES string of the molecule is [2H]C([2H])([2H])NCCOc1c(N)ncnc1-c1cc(F)cc(NC(=O)c2cc3c(cc2F)C2(CC2)CO3)c1C. The van der Waals surface area contributed by atoms with Gasteiger partial charge in [-0.1, -0.05) is 0 Å². The molecule has 2 heterocycles. The number of nitrogens with zero attached hydrogens (tertiary/aromatic N) is 2. The van der Waals surface area contributed by atoms with Crippen LogP contribution in [0.1, 0.15) is 38.4 Å². The number of rotatable bonds is 7. The Balaban J connectivity index is 1.42. The van der Waals surface area contributed by atoms with Gasteiger partial charge in [-0.15, -0.1) is 0 Å². The smallest absolute Gasteiger partial charge is 0.258 e. The summed E-state index contributed by atoms with van der Waals surface area (Å²) in [5.41, 5.74) is 7.29. The van der Waals surface area contributed by atoms with Crippen LogP contribution >= 0.6 is 0 Å². The lowest BCUT2D eigenvalue weighted by molar-refractivity contribution is 0.102. The fraction of sp³-hybridized carbons (Fsp3) is 0.320. The Kier molecular flexibility index (Phi) is 4.89. The fourth-order valence-electron chi connectivity index (χ4n) is 4.29. The van der Waals surface area contributed by atoms with Crippen molar-refractivity contribution in [3.05, 3.63) is 58.9 Å². The van der Waals surface area contributed by atoms with Gasteiger partial charge in [0.1, 0.15) is 36.0 Å². The number of halogens is 2. The number of likely N-dealkylation sites (N-methyl/N-ethyl adjacent to an activating group) is 1. The van der Waals surface area contributed by atoms with Crippen LogP contribution in [0.25, 0.3) is 11.3 Å². The minimum absolute atomic E-state index is 0.0229. The van der Waals surface area contributed by atoms with Gasteiger partial charge in [0.25, 0.3) is 5.91 Å². The summed E-state index contributed by atoms with van der Waals surface area (Å²) in [6, 6.07) is 5.04. The van der Waals surface area contributed by atoms with Crippen LogP contribution in [0.3, 0.4) is 0 Å². The van der Waals surface area contributed by atoms with Gasteiger partial charge in [0, 0.05) is 32.9 Å². The van der Waals surface area contributed by atoms with Crippen LogP contribution in [-0.4, -0.2) is 42.6 Å². The van der Waals surface area contributed by atoms with Gasteiger partial charge in [0.05, 0.1) is 12.2 Å². The Morgan fingerprint density at radius 1 is 1.29 bits per heavy atom. The number of ether oxygens (including phenoxy) is 2. The van der Waals surface area contributed by atoms with Gasteiger partial charge in [0.15, 0.2) is 11.6 Å². The number of benzene rings is 2. The number of carbonyl (C=O) groups excluding carboxylic acids is 1. The van der Waals surface area contributed by atoms with Gasteiger partial charge in [-0.2, -0.15) is 0 Å². The summed E-state index contributed by atoms with van der Waals surface area (Å²) in [7, 11) is 0. The van der Waals surface area contributed by atoms with Crippen LogP contribution < -0.4 is 25.8 Å². The normalized spacial score (nSPS) is 16.6. The van der Waals surface area contributed by atoms with E-state index >= 15 is 0 Å². The van der Waals surface area contributed by atoms with Crippen LogP contribution in [0.4, 0.5) is 20.3 Å². The zero-order chi connectivity index (χ0) is 27.2. The molecule has 182 valence electrons. The molecule has 0 unspecified atom stereocenters. The zero-order valence-corrected chi connectivity index (χ0v) is 18.9. The molecule has 8 nitrogen and oxygen atoms in total. The van der Waals surface area contributed by atoms with E-state index in [0.29, 0.717) is 17.9 Å². The molecule has 2 aromatic carbocycles. The van der Waals surface area contributed by atoms with Gasteiger partial charge in [0.2, 0.25) is 0 Å². The quantitative estimate of drug-likeness (QED) is 0.440. The number of nitrogens with two attached hydrogens (primary N) is 1. The van der Waals surface area contributed by atoms with Crippen molar-refractivity contribution in [3.8, 4) is 22.8 Å². The molecule has 1 spiro atoms. The van der Waals surface area contributed by atoms with Crippen molar-refractivity contribution >= 4 is 17.4 Å². The van der Waals surface area contributed by atoms with Crippen molar-refractivity contribution in [1.82, 2.24) is 15.3 Å². The molecule has 5 rings (SSSR count). The number of hydrogen-bond donors (Lipinski definition) is 3. The Morgan fingerprint density at radius 3 is 2.89 bits per heavy atom. The second-order valence-electron chi connectivity index (χ2n) is 8.69. The predicted octanol–water partition coefficient (Wildman–Crippen LogP) is 3.59. The van der Waals surface area contributed by atoms with E-state index in [1.807, 2.05) is 0 Å². The van der Waals surface area contributed by atoms with Crippen LogP contribution in [0.5, 0.6) is 11.5 Å². The van der Waals surface area contributed by atoms with Gasteiger partial charge in [-0.25, -0.2) is 18.7 Å². The van der Waals surface area contributed by atoms with E-state index in [2.05, 4.69) is 20.6 Å². The highest BCUT2D eigenvalue weighted by molar-refractivity contribution is 6.05. The van der Waals surface area contributed by atoms with Crippen LogP contribution in [0.2, 0.25) is 0 Å². The van der Waals surface area contributed by atoms with E-state index in [9.17, 15) is 13.6 Å². The van der Waals surface area contributed by atoms with Crippen LogP contribution in [0.15, 0.2) is 30.6 Å². The molecule has 1 saturated carbocycles. The minimum atomic E-state index is -2.35. The number of fused-ring (bicyclic) bond motifs is 2. The highest BCUT2D eigenvalue weighted by atomic mass is 19.1. The second kappa shape index (κ2) is 8.77. The first-order valence-corrected chi connectivity index (χ1v) is 11.0. The molecule has 1 aliphatic heterocycles. The lowest BCUT2D eigenvalue weighted by Gasteiger charge is -2.17. The first-order valence-electron chi connectivity index (χ1n) is 12.5. The van der Waals surface area contributed by atoms with Crippen molar-refractivity contribution in [2.75, 3.05) is 37.8 Å². The molecule has 35 heavy (non-hydrogen) atoms. The van der Waals surface area contributed by atoms with Crippen molar-refractivity contribution in [3.63, 3.8) is 0 Å². The monoisotopic (exact) mass is 484 g/mol. The summed E-state index contributed by atoms with van der Waals surface area (Å²) >= 11 is 0. The second-order valence-corrected chi connectivity index (χ2v) is 8.69. The van der Waals surface area contributed by atoms with Gasteiger partial charge in [-0.05, 0) is 56.6 Å². The molecule has 1 amide bonds. The maximum Gasteiger partial charge on any atom is 0.258 e. The molecule has 1 fully saturated rings. The number of anilines is 2. The topological polar surface area (TPSA) is 111 Å². The number of aromatic nitrogens is 2. The highest BCUT2D eigenvalue weighted by Gasteiger charge is 2.51. The number of nitrogens with one attached hydrogen (secondary N) is 2. The third-order valence-corrected chi connectivity index (χ3v) is 6.42. The lowest BCUT2D eigenvalue weighted by atomic mass is 9.96. The standard InChI is InChI=1S/C25H25F2N5O3/c1-13-15(21-22(34-6-5-29-2)23(28)31-12-30-21)7-14(26)8-19(13)32-24(33)16-9-20-17(10-18(16)27)25(3-4-25)11-35-20/h7-10,12,29H,3-6,11H2,1-2H3,(H,32,33)(H2,28,30,31)/i2D3. The summed E-state index contributed by atoms with van der Waals surface area (Å²) in [5.74, 6) is -1.66. The third-order valence-electron chi connectivity index (χ3n) is 6.42. The molecule has 4 N–H and O–H groups in total. The predicted molar refractivity (Wildman–Crippen MR) is 127 cm³/mol. The summed E-state index contributed by atoms with van der Waals surface area (Å²) in [6.45, 7) is -0.354. The first-order chi connectivity index (χ1) is 18.0. The Labute approximate surface area is 205 Å². The zero-order valence-electron chi connectivity index (χ0n) is 21.9. The molecule has 1 aromatic heterocycles. The van der Waals surface area contributed by atoms with E-state index < -0.39 is 24.5 Å². The van der Waals surface area contributed by atoms with Crippen molar-refractivity contribution < 1.29 is 27.2 Å².